The molecule has 2 N–H and O–H groups in total. The van der Waals surface area contributed by atoms with E-state index in [1.165, 1.54) is 0 Å². The van der Waals surface area contributed by atoms with Crippen LogP contribution in [0.3, 0.4) is 0 Å². The van der Waals surface area contributed by atoms with Crippen molar-refractivity contribution in [1.29, 1.82) is 0 Å². The molecule has 78 valence electrons. The van der Waals surface area contributed by atoms with E-state index in [4.69, 9.17) is 5.73 Å². The van der Waals surface area contributed by atoms with Gasteiger partial charge in [0.15, 0.2) is 0 Å². The number of nitrogens with zero attached hydrogens (tertiary/aromatic N) is 3. The second kappa shape index (κ2) is 3.61. The van der Waals surface area contributed by atoms with Gasteiger partial charge in [-0.05, 0) is 12.3 Å². The highest BCUT2D eigenvalue weighted by Gasteiger charge is 2.24. The molecule has 0 aromatic carbocycles. The molecule has 0 amide bonds. The van der Waals surface area contributed by atoms with E-state index >= 15 is 0 Å². The van der Waals surface area contributed by atoms with Crippen LogP contribution < -0.4 is 10.6 Å². The lowest BCUT2D eigenvalue weighted by Crippen LogP contribution is -2.46. The van der Waals surface area contributed by atoms with Gasteiger partial charge in [0.2, 0.25) is 5.95 Å². The number of aromatic nitrogens is 2. The number of anilines is 1. The number of hydrogen-bond donors (Lipinski definition) is 1. The molecule has 2 heterocycles. The molecule has 1 saturated heterocycles. The number of imidazole rings is 1. The van der Waals surface area contributed by atoms with Crippen molar-refractivity contribution in [3.63, 3.8) is 0 Å². The second-order valence-corrected chi connectivity index (χ2v) is 4.21. The van der Waals surface area contributed by atoms with Gasteiger partial charge in [0.05, 0.1) is 0 Å². The first-order valence-corrected chi connectivity index (χ1v) is 5.16. The SMILES string of the molecule is CC1CN(c2nccn2C)CCC1N. The number of aryl methyl sites for hydroxylation is 1. The van der Waals surface area contributed by atoms with Gasteiger partial charge in [0.25, 0.3) is 0 Å². The molecule has 0 spiro atoms. The van der Waals surface area contributed by atoms with Crippen molar-refractivity contribution in [1.82, 2.24) is 9.55 Å². The molecule has 4 nitrogen and oxygen atoms in total. The van der Waals surface area contributed by atoms with Gasteiger partial charge in [0, 0.05) is 38.6 Å². The van der Waals surface area contributed by atoms with Crippen molar-refractivity contribution in [2.75, 3.05) is 18.0 Å². The molecule has 2 unspecified atom stereocenters. The summed E-state index contributed by atoms with van der Waals surface area (Å²) in [5, 5.41) is 0. The first-order valence-electron chi connectivity index (χ1n) is 5.16. The largest absolute Gasteiger partial charge is 0.342 e. The third-order valence-corrected chi connectivity index (χ3v) is 3.05. The van der Waals surface area contributed by atoms with Crippen LogP contribution in [0, 0.1) is 5.92 Å². The topological polar surface area (TPSA) is 47.1 Å². The van der Waals surface area contributed by atoms with Gasteiger partial charge >= 0.3 is 0 Å². The van der Waals surface area contributed by atoms with E-state index < -0.39 is 0 Å². The first-order chi connectivity index (χ1) is 6.68. The summed E-state index contributed by atoms with van der Waals surface area (Å²) in [7, 11) is 2.03. The highest BCUT2D eigenvalue weighted by atomic mass is 15.3. The Morgan fingerprint density at radius 1 is 1.57 bits per heavy atom. The Hall–Kier alpha value is -1.03. The van der Waals surface area contributed by atoms with Gasteiger partial charge in [-0.15, -0.1) is 0 Å². The number of piperidine rings is 1. The molecule has 0 saturated carbocycles. The summed E-state index contributed by atoms with van der Waals surface area (Å²) in [6.45, 7) is 4.25. The zero-order chi connectivity index (χ0) is 10.1. The third-order valence-electron chi connectivity index (χ3n) is 3.05. The van der Waals surface area contributed by atoms with Crippen LogP contribution in [0.15, 0.2) is 12.4 Å². The molecule has 1 fully saturated rings. The molecule has 1 aliphatic rings. The number of rotatable bonds is 1. The van der Waals surface area contributed by atoms with Gasteiger partial charge in [-0.2, -0.15) is 0 Å². The zero-order valence-corrected chi connectivity index (χ0v) is 8.85. The highest BCUT2D eigenvalue weighted by Crippen LogP contribution is 2.20. The van der Waals surface area contributed by atoms with Crippen LogP contribution in [0.4, 0.5) is 5.95 Å². The standard InChI is InChI=1S/C10H18N4/c1-8-7-14(5-3-9(8)11)10-12-4-6-13(10)2/h4,6,8-9H,3,5,7,11H2,1-2H3. The van der Waals surface area contributed by atoms with Crippen LogP contribution in [0.1, 0.15) is 13.3 Å². The molecule has 1 aromatic rings. The van der Waals surface area contributed by atoms with Crippen molar-refractivity contribution in [2.24, 2.45) is 18.7 Å². The van der Waals surface area contributed by atoms with Crippen molar-refractivity contribution in [2.45, 2.75) is 19.4 Å². The molecule has 14 heavy (non-hydrogen) atoms. The predicted octanol–water partition coefficient (Wildman–Crippen LogP) is 0.594. The molecule has 4 heteroatoms. The second-order valence-electron chi connectivity index (χ2n) is 4.21. The Labute approximate surface area is 84.7 Å². The fourth-order valence-corrected chi connectivity index (χ4v) is 2.01. The molecule has 1 aromatic heterocycles. The average molecular weight is 194 g/mol. The maximum Gasteiger partial charge on any atom is 0.205 e. The average Bonchev–Trinajstić information content (AvgIpc) is 2.57. The molecule has 0 aliphatic carbocycles. The van der Waals surface area contributed by atoms with E-state index in [-0.39, 0.29) is 0 Å². The number of hydrogen-bond acceptors (Lipinski definition) is 3. The van der Waals surface area contributed by atoms with Crippen molar-refractivity contribution < 1.29 is 0 Å². The summed E-state index contributed by atoms with van der Waals surface area (Å²) in [5.41, 5.74) is 5.98. The molecule has 0 radical (unpaired) electrons. The summed E-state index contributed by atoms with van der Waals surface area (Å²) in [6.07, 6.45) is 4.89. The Morgan fingerprint density at radius 3 is 2.93 bits per heavy atom. The van der Waals surface area contributed by atoms with Gasteiger partial charge in [-0.1, -0.05) is 6.92 Å². The van der Waals surface area contributed by atoms with E-state index in [1.54, 1.807) is 0 Å². The zero-order valence-electron chi connectivity index (χ0n) is 8.85. The quantitative estimate of drug-likeness (QED) is 0.712. The Morgan fingerprint density at radius 2 is 2.36 bits per heavy atom. The third kappa shape index (κ3) is 1.62. The normalized spacial score (nSPS) is 28.1. The van der Waals surface area contributed by atoms with Crippen LogP contribution in [0.25, 0.3) is 0 Å². The van der Waals surface area contributed by atoms with Crippen molar-refractivity contribution in [3.8, 4) is 0 Å². The summed E-state index contributed by atoms with van der Waals surface area (Å²) < 4.78 is 2.06. The smallest absolute Gasteiger partial charge is 0.205 e. The minimum Gasteiger partial charge on any atom is -0.342 e. The maximum atomic E-state index is 5.98. The highest BCUT2D eigenvalue weighted by molar-refractivity contribution is 5.32. The summed E-state index contributed by atoms with van der Waals surface area (Å²) >= 11 is 0. The summed E-state index contributed by atoms with van der Waals surface area (Å²) in [4.78, 5) is 6.66. The van der Waals surface area contributed by atoms with E-state index in [0.29, 0.717) is 12.0 Å². The lowest BCUT2D eigenvalue weighted by Gasteiger charge is -2.35. The van der Waals surface area contributed by atoms with Crippen LogP contribution in [-0.2, 0) is 7.05 Å². The van der Waals surface area contributed by atoms with Crippen molar-refractivity contribution in [3.05, 3.63) is 12.4 Å². The van der Waals surface area contributed by atoms with E-state index in [1.807, 2.05) is 19.4 Å². The Balaban J connectivity index is 2.10. The Kier molecular flexibility index (Phi) is 2.46. The van der Waals surface area contributed by atoms with Gasteiger partial charge in [-0.3, -0.25) is 0 Å². The molecule has 0 bridgehead atoms. The molecular weight excluding hydrogens is 176 g/mol. The number of nitrogens with two attached hydrogens (primary N) is 1. The minimum atomic E-state index is 0.353. The summed E-state index contributed by atoms with van der Waals surface area (Å²) in [6, 6.07) is 0.353. The van der Waals surface area contributed by atoms with Gasteiger partial charge < -0.3 is 15.2 Å². The van der Waals surface area contributed by atoms with Gasteiger partial charge in [0.1, 0.15) is 0 Å². The van der Waals surface area contributed by atoms with E-state index in [0.717, 1.165) is 25.5 Å². The molecule has 2 rings (SSSR count). The Bertz CT molecular complexity index is 307. The van der Waals surface area contributed by atoms with Crippen LogP contribution in [-0.4, -0.2) is 28.7 Å². The monoisotopic (exact) mass is 194 g/mol. The van der Waals surface area contributed by atoms with E-state index in [9.17, 15) is 0 Å². The van der Waals surface area contributed by atoms with Crippen LogP contribution in [0.2, 0.25) is 0 Å². The fraction of sp³-hybridized carbons (Fsp3) is 0.700. The minimum absolute atomic E-state index is 0.353. The maximum absolute atomic E-state index is 5.98. The van der Waals surface area contributed by atoms with Gasteiger partial charge in [-0.25, -0.2) is 4.98 Å². The molecule has 2 atom stereocenters. The lowest BCUT2D eigenvalue weighted by atomic mass is 9.95. The van der Waals surface area contributed by atoms with E-state index in [2.05, 4.69) is 21.4 Å². The predicted molar refractivity (Wildman–Crippen MR) is 57.2 cm³/mol. The summed E-state index contributed by atoms with van der Waals surface area (Å²) in [5.74, 6) is 1.61. The first kappa shape index (κ1) is 9.52. The van der Waals surface area contributed by atoms with Crippen LogP contribution >= 0.6 is 0 Å². The van der Waals surface area contributed by atoms with Crippen molar-refractivity contribution >= 4 is 5.95 Å². The molecular formula is C10H18N4. The lowest BCUT2D eigenvalue weighted by molar-refractivity contribution is 0.378. The van der Waals surface area contributed by atoms with Crippen LogP contribution in [0.5, 0.6) is 0 Å². The molecule has 1 aliphatic heterocycles. The fourth-order valence-electron chi connectivity index (χ4n) is 2.01.